The van der Waals surface area contributed by atoms with Gasteiger partial charge in [-0.05, 0) is 59.8 Å². The van der Waals surface area contributed by atoms with Crippen molar-refractivity contribution in [2.24, 2.45) is 0 Å². The maximum Gasteiger partial charge on any atom is 0.138 e. The van der Waals surface area contributed by atoms with E-state index in [0.29, 0.717) is 0 Å². The minimum Gasteiger partial charge on any atom is -0.387 e. The van der Waals surface area contributed by atoms with Crippen molar-refractivity contribution in [1.82, 2.24) is 19.9 Å². The molecule has 4 nitrogen and oxygen atoms in total. The zero-order valence-corrected chi connectivity index (χ0v) is 20.2. The van der Waals surface area contributed by atoms with Gasteiger partial charge in [0.15, 0.2) is 0 Å². The first-order valence-corrected chi connectivity index (χ1v) is 12.5. The molecule has 0 bridgehead atoms. The molecular formula is C33H24N4. The number of benzene rings is 3. The summed E-state index contributed by atoms with van der Waals surface area (Å²) in [4.78, 5) is 10.1. The van der Waals surface area contributed by atoms with Gasteiger partial charge in [0, 0.05) is 23.1 Å². The molecule has 0 atom stereocenters. The van der Waals surface area contributed by atoms with Crippen molar-refractivity contribution in [2.45, 2.75) is 6.54 Å². The van der Waals surface area contributed by atoms with E-state index in [-0.39, 0.29) is 0 Å². The average molecular weight is 477 g/mol. The molecule has 6 aromatic rings. The molecule has 1 N–H and O–H groups in total. The number of nitrogens with zero attached hydrogens (tertiary/aromatic N) is 3. The molecule has 176 valence electrons. The lowest BCUT2D eigenvalue weighted by atomic mass is 10.0. The van der Waals surface area contributed by atoms with Crippen LogP contribution < -0.4 is 5.32 Å². The molecule has 4 heterocycles. The van der Waals surface area contributed by atoms with Gasteiger partial charge in [0.1, 0.15) is 5.82 Å². The van der Waals surface area contributed by atoms with Crippen molar-refractivity contribution in [3.63, 3.8) is 0 Å². The van der Waals surface area contributed by atoms with Crippen LogP contribution in [0.4, 0.5) is 0 Å². The highest BCUT2D eigenvalue weighted by atomic mass is 15.1. The predicted molar refractivity (Wildman–Crippen MR) is 151 cm³/mol. The van der Waals surface area contributed by atoms with Crippen molar-refractivity contribution in [1.29, 1.82) is 0 Å². The van der Waals surface area contributed by atoms with Gasteiger partial charge in [-0.3, -0.25) is 4.57 Å². The summed E-state index contributed by atoms with van der Waals surface area (Å²) < 4.78 is 2.25. The molecule has 3 aromatic heterocycles. The molecule has 1 aliphatic rings. The van der Waals surface area contributed by atoms with E-state index < -0.39 is 0 Å². The van der Waals surface area contributed by atoms with Gasteiger partial charge in [0.05, 0.1) is 28.3 Å². The fourth-order valence-corrected chi connectivity index (χ4v) is 5.15. The standard InChI is InChI=1S/C33H24N4/c1-2-9-23(10-3-1)24-11-6-12-25(21-24)28-14-7-15-29(35-28)30-16-8-18-33(36-30)37-31-17-5-4-13-26(31)27-22-34-20-19-32(27)37/h1-21,34H,22H2. The van der Waals surface area contributed by atoms with Gasteiger partial charge < -0.3 is 5.32 Å². The van der Waals surface area contributed by atoms with Crippen LogP contribution >= 0.6 is 0 Å². The maximum absolute atomic E-state index is 5.09. The highest BCUT2D eigenvalue weighted by Crippen LogP contribution is 2.32. The third-order valence-electron chi connectivity index (χ3n) is 6.90. The lowest BCUT2D eigenvalue weighted by molar-refractivity contribution is 0.852. The Morgan fingerprint density at radius 1 is 0.595 bits per heavy atom. The summed E-state index contributed by atoms with van der Waals surface area (Å²) in [5.74, 6) is 0.889. The summed E-state index contributed by atoms with van der Waals surface area (Å²) in [7, 11) is 0. The monoisotopic (exact) mass is 476 g/mol. The van der Waals surface area contributed by atoms with Crippen molar-refractivity contribution >= 4 is 17.0 Å². The van der Waals surface area contributed by atoms with Gasteiger partial charge in [-0.15, -0.1) is 0 Å². The van der Waals surface area contributed by atoms with Gasteiger partial charge in [-0.25, -0.2) is 9.97 Å². The quantitative estimate of drug-likeness (QED) is 0.287. The highest BCUT2D eigenvalue weighted by Gasteiger charge is 2.19. The van der Waals surface area contributed by atoms with E-state index in [2.05, 4.69) is 113 Å². The van der Waals surface area contributed by atoms with Gasteiger partial charge in [-0.1, -0.05) is 78.9 Å². The average Bonchev–Trinajstić information content (AvgIpc) is 3.32. The van der Waals surface area contributed by atoms with Crippen LogP contribution in [0.2, 0.25) is 0 Å². The lowest BCUT2D eigenvalue weighted by Gasteiger charge is -2.13. The Bertz CT molecular complexity index is 1780. The largest absolute Gasteiger partial charge is 0.387 e. The molecule has 3 aromatic carbocycles. The number of fused-ring (bicyclic) bond motifs is 3. The predicted octanol–water partition coefficient (Wildman–Crippen LogP) is 7.50. The van der Waals surface area contributed by atoms with E-state index >= 15 is 0 Å². The number of pyridine rings is 2. The fourth-order valence-electron chi connectivity index (χ4n) is 5.15. The Kier molecular flexibility index (Phi) is 5.14. The van der Waals surface area contributed by atoms with Crippen LogP contribution in [0.1, 0.15) is 11.3 Å². The van der Waals surface area contributed by atoms with E-state index in [4.69, 9.17) is 9.97 Å². The van der Waals surface area contributed by atoms with E-state index in [1.165, 1.54) is 27.8 Å². The molecule has 37 heavy (non-hydrogen) atoms. The first-order chi connectivity index (χ1) is 18.3. The van der Waals surface area contributed by atoms with Crippen LogP contribution in [0.25, 0.3) is 56.6 Å². The van der Waals surface area contributed by atoms with Crippen molar-refractivity contribution in [3.05, 3.63) is 133 Å². The third kappa shape index (κ3) is 3.80. The van der Waals surface area contributed by atoms with E-state index in [0.717, 1.165) is 40.5 Å². The zero-order valence-electron chi connectivity index (χ0n) is 20.2. The first kappa shape index (κ1) is 21.3. The van der Waals surface area contributed by atoms with E-state index in [1.54, 1.807) is 0 Å². The molecule has 0 radical (unpaired) electrons. The van der Waals surface area contributed by atoms with Crippen LogP contribution in [0.15, 0.2) is 121 Å². The first-order valence-electron chi connectivity index (χ1n) is 12.5. The van der Waals surface area contributed by atoms with E-state index in [9.17, 15) is 0 Å². The Labute approximate surface area is 215 Å². The fraction of sp³-hybridized carbons (Fsp3) is 0.0303. The maximum atomic E-state index is 5.09. The summed E-state index contributed by atoms with van der Waals surface area (Å²) in [5, 5.41) is 4.60. The van der Waals surface area contributed by atoms with Crippen LogP contribution in [-0.4, -0.2) is 14.5 Å². The van der Waals surface area contributed by atoms with Gasteiger partial charge in [0.2, 0.25) is 0 Å². The molecule has 0 unspecified atom stereocenters. The second kappa shape index (κ2) is 8.92. The molecule has 7 rings (SSSR count). The molecule has 4 heteroatoms. The lowest BCUT2D eigenvalue weighted by Crippen LogP contribution is -2.11. The summed E-state index contributed by atoms with van der Waals surface area (Å²) in [6.45, 7) is 0.810. The highest BCUT2D eigenvalue weighted by molar-refractivity contribution is 5.90. The number of para-hydroxylation sites is 1. The minimum atomic E-state index is 0.810. The second-order valence-corrected chi connectivity index (χ2v) is 9.17. The van der Waals surface area contributed by atoms with Crippen molar-refractivity contribution in [3.8, 4) is 39.6 Å². The molecule has 0 aliphatic carbocycles. The summed E-state index contributed by atoms with van der Waals surface area (Å²) in [5.41, 5.74) is 9.72. The van der Waals surface area contributed by atoms with Gasteiger partial charge in [-0.2, -0.15) is 0 Å². The normalized spacial score (nSPS) is 12.3. The number of rotatable bonds is 4. The molecule has 0 saturated heterocycles. The number of hydrogen-bond acceptors (Lipinski definition) is 3. The Morgan fingerprint density at radius 2 is 1.30 bits per heavy atom. The van der Waals surface area contributed by atoms with Crippen LogP contribution in [-0.2, 0) is 6.54 Å². The molecule has 1 aliphatic heterocycles. The molecule has 0 fully saturated rings. The smallest absolute Gasteiger partial charge is 0.138 e. The molecular weight excluding hydrogens is 452 g/mol. The summed E-state index contributed by atoms with van der Waals surface area (Å²) in [6, 6.07) is 39.8. The molecule has 0 amide bonds. The SMILES string of the molecule is C1=Cc2c(c3ccccc3n2-c2cccc(-c3cccc(-c4cccc(-c5ccccc5)c4)n3)n2)CN1. The number of aromatic nitrogens is 3. The summed E-state index contributed by atoms with van der Waals surface area (Å²) >= 11 is 0. The second-order valence-electron chi connectivity index (χ2n) is 9.17. The van der Waals surface area contributed by atoms with Gasteiger partial charge in [0.25, 0.3) is 0 Å². The Hall–Kier alpha value is -4.96. The molecule has 0 saturated carbocycles. The topological polar surface area (TPSA) is 42.7 Å². The number of hydrogen-bond donors (Lipinski definition) is 1. The zero-order chi connectivity index (χ0) is 24.6. The Balaban J connectivity index is 1.30. The third-order valence-corrected chi connectivity index (χ3v) is 6.90. The van der Waals surface area contributed by atoms with Crippen LogP contribution in [0, 0.1) is 0 Å². The minimum absolute atomic E-state index is 0.810. The van der Waals surface area contributed by atoms with Crippen molar-refractivity contribution < 1.29 is 0 Å². The van der Waals surface area contributed by atoms with E-state index in [1.807, 2.05) is 24.4 Å². The number of nitrogens with one attached hydrogen (secondary N) is 1. The molecule has 0 spiro atoms. The van der Waals surface area contributed by atoms with Crippen molar-refractivity contribution in [2.75, 3.05) is 0 Å². The summed E-state index contributed by atoms with van der Waals surface area (Å²) in [6.07, 6.45) is 4.14. The van der Waals surface area contributed by atoms with Crippen LogP contribution in [0.3, 0.4) is 0 Å². The van der Waals surface area contributed by atoms with Gasteiger partial charge >= 0.3 is 0 Å². The Morgan fingerprint density at radius 3 is 2.22 bits per heavy atom. The van der Waals surface area contributed by atoms with Crippen LogP contribution in [0.5, 0.6) is 0 Å².